The summed E-state index contributed by atoms with van der Waals surface area (Å²) >= 11 is 0. The highest BCUT2D eigenvalue weighted by Gasteiger charge is 2.15. The maximum absolute atomic E-state index is 14.6. The molecule has 0 unspecified atom stereocenters. The van der Waals surface area contributed by atoms with Gasteiger partial charge in [-0.05, 0) is 121 Å². The number of ether oxygens (including phenoxy) is 6. The van der Waals surface area contributed by atoms with Gasteiger partial charge in [-0.2, -0.15) is 0 Å². The molecule has 0 saturated carbocycles. The molecule has 0 bridgehead atoms. The molecular weight excluding hydrogens is 1190 g/mol. The Labute approximate surface area is 595 Å². The number of anilines is 1. The van der Waals surface area contributed by atoms with E-state index in [1.807, 2.05) is 18.2 Å². The van der Waals surface area contributed by atoms with Crippen LogP contribution in [-0.2, 0) is 0 Å². The first-order valence-electron chi connectivity index (χ1n) is 40.9. The lowest BCUT2D eigenvalue weighted by molar-refractivity contribution is 0.102. The second-order valence-corrected chi connectivity index (χ2v) is 28.0. The van der Waals surface area contributed by atoms with Gasteiger partial charge in [-0.3, -0.25) is 4.79 Å². The maximum atomic E-state index is 14.6. The fraction of sp³-hybridized carbons (Fsp3) is 0.674. The number of unbranched alkanes of at least 4 members (excludes halogenated alkanes) is 42. The predicted molar refractivity (Wildman–Crippen MR) is 420 cm³/mol. The Hall–Kier alpha value is -5.37. The second-order valence-electron chi connectivity index (χ2n) is 28.0. The number of hydrogen-bond acceptors (Lipinski definition) is 7. The van der Waals surface area contributed by atoms with Crippen molar-refractivity contribution in [1.82, 2.24) is 0 Å². The number of rotatable bonds is 66. The van der Waals surface area contributed by atoms with Gasteiger partial charge in [0.25, 0.3) is 5.91 Å². The first-order valence-corrected chi connectivity index (χ1v) is 40.9. The summed E-state index contributed by atoms with van der Waals surface area (Å²) in [6, 6.07) is 24.7. The van der Waals surface area contributed by atoms with Gasteiger partial charge in [0.05, 0.1) is 39.6 Å². The number of carbonyl (C=O) groups is 1. The minimum absolute atomic E-state index is 0.204. The molecule has 0 radical (unpaired) electrons. The van der Waals surface area contributed by atoms with Gasteiger partial charge in [-0.25, -0.2) is 0 Å². The fourth-order valence-corrected chi connectivity index (χ4v) is 12.6. The number of benzene rings is 4. The van der Waals surface area contributed by atoms with Crippen molar-refractivity contribution in [1.29, 1.82) is 0 Å². The zero-order valence-electron chi connectivity index (χ0n) is 63.3. The summed E-state index contributed by atoms with van der Waals surface area (Å²) in [5.74, 6) is 4.35. The number of hydrogen-bond donors (Lipinski definition) is 1. The molecule has 0 aliphatic rings. The molecule has 0 heterocycles. The summed E-state index contributed by atoms with van der Waals surface area (Å²) in [5.41, 5.74) is 5.16. The molecule has 546 valence electrons. The largest absolute Gasteiger partial charge is 0.490 e. The van der Waals surface area contributed by atoms with Gasteiger partial charge in [-0.15, -0.1) is 0 Å². The minimum Gasteiger partial charge on any atom is -0.490 e. The van der Waals surface area contributed by atoms with Crippen LogP contribution in [0.2, 0.25) is 0 Å². The van der Waals surface area contributed by atoms with Crippen LogP contribution in [0.1, 0.15) is 382 Å². The van der Waals surface area contributed by atoms with E-state index in [1.165, 1.54) is 257 Å². The monoisotopic (exact) mass is 1340 g/mol. The highest BCUT2D eigenvalue weighted by Crippen LogP contribution is 2.34. The number of nitrogens with one attached hydrogen (secondary N) is 1. The molecule has 8 heteroatoms. The first kappa shape index (κ1) is 84.0. The molecule has 4 rings (SSSR count). The highest BCUT2D eigenvalue weighted by atomic mass is 16.5. The van der Waals surface area contributed by atoms with Gasteiger partial charge >= 0.3 is 0 Å². The van der Waals surface area contributed by atoms with Gasteiger partial charge < -0.3 is 33.7 Å². The number of amides is 1. The lowest BCUT2D eigenvalue weighted by Gasteiger charge is -2.15. The van der Waals surface area contributed by atoms with Gasteiger partial charge in [0, 0.05) is 11.3 Å². The van der Waals surface area contributed by atoms with Crippen LogP contribution >= 0.6 is 0 Å². The molecule has 0 aliphatic carbocycles. The van der Waals surface area contributed by atoms with E-state index < -0.39 is 0 Å². The number of carbonyl (C=O) groups excluding carboxylic acids is 1. The third kappa shape index (κ3) is 42.4. The lowest BCUT2D eigenvalue weighted by Crippen LogP contribution is -2.13. The quantitative estimate of drug-likeness (QED) is 0.0348. The van der Waals surface area contributed by atoms with E-state index in [1.54, 1.807) is 0 Å². The standard InChI is InChI=1S/C89H143NO7/c1-7-13-19-25-31-37-43-49-65-92-83-62-59-77(74-86(83)95-68-52-46-40-34-28-22-16-10-4)55-57-79-71-80(58-56-78-60-63-84(93-66-50-44-38-32-26-20-14-8-2)87(75-78)96-69-53-47-41-35-29-23-17-11-5)73-82(72-79)90-89(91)81-61-64-85(94-67-51-45-39-33-27-21-15-9-3)88(76-81)97-70-54-48-42-36-30-24-18-12-6/h55-64,71-76H,7-54,65-70H2,1-6H3,(H,90,91)/b57-55+,58-56+. The van der Waals surface area contributed by atoms with Crippen molar-refractivity contribution in [3.05, 3.63) is 101 Å². The molecule has 1 amide bonds. The first-order chi connectivity index (χ1) is 47.9. The van der Waals surface area contributed by atoms with Crippen molar-refractivity contribution in [2.45, 2.75) is 350 Å². The van der Waals surface area contributed by atoms with Crippen LogP contribution in [0.4, 0.5) is 5.69 Å². The molecule has 97 heavy (non-hydrogen) atoms. The average molecular weight is 1340 g/mol. The van der Waals surface area contributed by atoms with Crippen molar-refractivity contribution < 1.29 is 33.2 Å². The molecule has 4 aromatic rings. The Morgan fingerprint density at radius 1 is 0.247 bits per heavy atom. The molecule has 0 aromatic heterocycles. The minimum atomic E-state index is -0.204. The van der Waals surface area contributed by atoms with Crippen molar-refractivity contribution in [2.75, 3.05) is 45.0 Å². The molecule has 1 N–H and O–H groups in total. The summed E-state index contributed by atoms with van der Waals surface area (Å²) in [4.78, 5) is 14.6. The van der Waals surface area contributed by atoms with Gasteiger partial charge in [-0.1, -0.05) is 348 Å². The average Bonchev–Trinajstić information content (AvgIpc) is 0.915. The zero-order chi connectivity index (χ0) is 69.0. The summed E-state index contributed by atoms with van der Waals surface area (Å²) in [6.45, 7) is 17.6. The molecule has 0 spiro atoms. The summed E-state index contributed by atoms with van der Waals surface area (Å²) < 4.78 is 39.1. The van der Waals surface area contributed by atoms with Crippen molar-refractivity contribution in [2.24, 2.45) is 0 Å². The van der Waals surface area contributed by atoms with Crippen LogP contribution in [0.15, 0.2) is 72.8 Å². The van der Waals surface area contributed by atoms with E-state index in [4.69, 9.17) is 28.4 Å². The zero-order valence-corrected chi connectivity index (χ0v) is 63.3. The Morgan fingerprint density at radius 2 is 0.474 bits per heavy atom. The molecule has 0 atom stereocenters. The normalized spacial score (nSPS) is 11.5. The van der Waals surface area contributed by atoms with E-state index in [0.717, 1.165) is 96.6 Å². The SMILES string of the molecule is CCCCCCCCCCOc1ccc(/C=C/c2cc(/C=C/c3ccc(OCCCCCCCCCC)c(OCCCCCCCCCC)c3)cc(NC(=O)c3ccc(OCCCCCCCCCC)c(OCCCCCCCCCC)c3)c2)cc1OCCCCCCCCCC. The maximum Gasteiger partial charge on any atom is 0.255 e. The van der Waals surface area contributed by atoms with E-state index in [2.05, 4.69) is 126 Å². The third-order valence-electron chi connectivity index (χ3n) is 18.8. The summed E-state index contributed by atoms with van der Waals surface area (Å²) in [7, 11) is 0. The second kappa shape index (κ2) is 59.5. The highest BCUT2D eigenvalue weighted by molar-refractivity contribution is 6.05. The molecule has 0 fully saturated rings. The van der Waals surface area contributed by atoms with Crippen LogP contribution in [-0.4, -0.2) is 45.5 Å². The fourth-order valence-electron chi connectivity index (χ4n) is 12.6. The van der Waals surface area contributed by atoms with Gasteiger partial charge in [0.1, 0.15) is 0 Å². The van der Waals surface area contributed by atoms with Gasteiger partial charge in [0.15, 0.2) is 34.5 Å². The van der Waals surface area contributed by atoms with Crippen LogP contribution in [0, 0.1) is 0 Å². The van der Waals surface area contributed by atoms with E-state index in [9.17, 15) is 4.79 Å². The van der Waals surface area contributed by atoms with E-state index in [0.29, 0.717) is 62.4 Å². The summed E-state index contributed by atoms with van der Waals surface area (Å²) in [5, 5.41) is 3.32. The molecular formula is C89H143NO7. The lowest BCUT2D eigenvalue weighted by atomic mass is 10.0. The molecule has 0 saturated heterocycles. The van der Waals surface area contributed by atoms with E-state index >= 15 is 0 Å². The van der Waals surface area contributed by atoms with Crippen LogP contribution < -0.4 is 33.7 Å². The van der Waals surface area contributed by atoms with Crippen molar-refractivity contribution >= 4 is 35.9 Å². The Balaban J connectivity index is 1.64. The molecule has 0 aliphatic heterocycles. The van der Waals surface area contributed by atoms with Crippen LogP contribution in [0.3, 0.4) is 0 Å². The van der Waals surface area contributed by atoms with Crippen LogP contribution in [0.25, 0.3) is 24.3 Å². The predicted octanol–water partition coefficient (Wildman–Crippen LogP) is 28.4. The Morgan fingerprint density at radius 3 is 0.753 bits per heavy atom. The van der Waals surface area contributed by atoms with Crippen molar-refractivity contribution in [3.63, 3.8) is 0 Å². The Kier molecular flexibility index (Phi) is 51.5. The molecule has 8 nitrogen and oxygen atoms in total. The van der Waals surface area contributed by atoms with Gasteiger partial charge in [0.2, 0.25) is 0 Å². The smallest absolute Gasteiger partial charge is 0.255 e. The Bertz CT molecular complexity index is 2470. The van der Waals surface area contributed by atoms with Crippen LogP contribution in [0.5, 0.6) is 34.5 Å². The van der Waals surface area contributed by atoms with Crippen molar-refractivity contribution in [3.8, 4) is 34.5 Å². The summed E-state index contributed by atoms with van der Waals surface area (Å²) in [6.07, 6.45) is 68.4. The van der Waals surface area contributed by atoms with E-state index in [-0.39, 0.29) is 5.91 Å². The third-order valence-corrected chi connectivity index (χ3v) is 18.8. The topological polar surface area (TPSA) is 84.5 Å². The molecule has 4 aromatic carbocycles.